The molecular weight excluding hydrogens is 186 g/mol. The molecule has 72 valence electrons. The van der Waals surface area contributed by atoms with Crippen molar-refractivity contribution < 1.29 is 9.90 Å². The van der Waals surface area contributed by atoms with Gasteiger partial charge >= 0.3 is 0 Å². The summed E-state index contributed by atoms with van der Waals surface area (Å²) in [6.07, 6.45) is -0.930. The molecule has 1 aromatic heterocycles. The first-order chi connectivity index (χ1) is 6.11. The van der Waals surface area contributed by atoms with E-state index >= 15 is 0 Å². The van der Waals surface area contributed by atoms with Gasteiger partial charge in [0, 0.05) is 4.88 Å². The summed E-state index contributed by atoms with van der Waals surface area (Å²) >= 11 is 1.61. The van der Waals surface area contributed by atoms with E-state index in [4.69, 9.17) is 5.11 Å². The van der Waals surface area contributed by atoms with Crippen molar-refractivity contribution in [2.75, 3.05) is 0 Å². The zero-order valence-corrected chi connectivity index (χ0v) is 8.52. The van der Waals surface area contributed by atoms with Crippen LogP contribution in [-0.2, 0) is 11.3 Å². The predicted molar refractivity (Wildman–Crippen MR) is 52.6 cm³/mol. The minimum atomic E-state index is -0.930. The standard InChI is InChI=1S/C9H13NO2S/c1-6-3-4-13-8(6)5-10-9(12)7(2)11/h3-4,7,11H,5H2,1-2H3,(H,10,12)/t7-/m1/s1. The molecule has 0 bridgehead atoms. The monoisotopic (exact) mass is 199 g/mol. The van der Waals surface area contributed by atoms with Crippen molar-refractivity contribution in [3.8, 4) is 0 Å². The Hall–Kier alpha value is -0.870. The third-order valence-corrected chi connectivity index (χ3v) is 2.79. The normalized spacial score (nSPS) is 12.5. The van der Waals surface area contributed by atoms with E-state index in [-0.39, 0.29) is 5.91 Å². The third-order valence-electron chi connectivity index (χ3n) is 1.77. The van der Waals surface area contributed by atoms with Gasteiger partial charge in [-0.05, 0) is 30.9 Å². The Bertz CT molecular complexity index is 294. The molecule has 0 spiro atoms. The third kappa shape index (κ3) is 2.82. The van der Waals surface area contributed by atoms with Gasteiger partial charge in [0.15, 0.2) is 0 Å². The Labute approximate surface area is 81.4 Å². The Morgan fingerprint density at radius 2 is 2.46 bits per heavy atom. The fourth-order valence-electron chi connectivity index (χ4n) is 0.900. The first kappa shape index (κ1) is 10.2. The van der Waals surface area contributed by atoms with Crippen LogP contribution in [0.1, 0.15) is 17.4 Å². The van der Waals surface area contributed by atoms with Gasteiger partial charge in [-0.1, -0.05) is 0 Å². The average Bonchev–Trinajstić information content (AvgIpc) is 2.47. The molecule has 1 rings (SSSR count). The number of rotatable bonds is 3. The molecule has 0 unspecified atom stereocenters. The first-order valence-corrected chi connectivity index (χ1v) is 4.98. The lowest BCUT2D eigenvalue weighted by Crippen LogP contribution is -2.31. The summed E-state index contributed by atoms with van der Waals surface area (Å²) in [5, 5.41) is 13.5. The number of hydrogen-bond acceptors (Lipinski definition) is 3. The van der Waals surface area contributed by atoms with Crippen molar-refractivity contribution in [1.82, 2.24) is 5.32 Å². The topological polar surface area (TPSA) is 49.3 Å². The fourth-order valence-corrected chi connectivity index (χ4v) is 1.75. The molecule has 1 heterocycles. The molecule has 3 nitrogen and oxygen atoms in total. The molecule has 0 fully saturated rings. The summed E-state index contributed by atoms with van der Waals surface area (Å²) < 4.78 is 0. The van der Waals surface area contributed by atoms with Crippen LogP contribution in [0.2, 0.25) is 0 Å². The van der Waals surface area contributed by atoms with Crippen LogP contribution in [-0.4, -0.2) is 17.1 Å². The number of amides is 1. The zero-order chi connectivity index (χ0) is 9.84. The molecule has 1 aromatic rings. The minimum absolute atomic E-state index is 0.326. The molecule has 2 N–H and O–H groups in total. The van der Waals surface area contributed by atoms with E-state index in [1.54, 1.807) is 11.3 Å². The van der Waals surface area contributed by atoms with Crippen LogP contribution in [0.3, 0.4) is 0 Å². The van der Waals surface area contributed by atoms with E-state index in [1.807, 2.05) is 18.4 Å². The number of aliphatic hydroxyl groups is 1. The second-order valence-electron chi connectivity index (χ2n) is 2.92. The van der Waals surface area contributed by atoms with E-state index in [9.17, 15) is 4.79 Å². The smallest absolute Gasteiger partial charge is 0.248 e. The Morgan fingerprint density at radius 3 is 2.92 bits per heavy atom. The molecule has 0 aromatic carbocycles. The molecule has 0 aliphatic heterocycles. The average molecular weight is 199 g/mol. The molecular formula is C9H13NO2S. The highest BCUT2D eigenvalue weighted by Gasteiger charge is 2.08. The lowest BCUT2D eigenvalue weighted by atomic mass is 10.3. The van der Waals surface area contributed by atoms with Crippen LogP contribution in [0.5, 0.6) is 0 Å². The maximum Gasteiger partial charge on any atom is 0.248 e. The summed E-state index contributed by atoms with van der Waals surface area (Å²) in [4.78, 5) is 12.1. The summed E-state index contributed by atoms with van der Waals surface area (Å²) in [6, 6.07) is 2.01. The first-order valence-electron chi connectivity index (χ1n) is 4.10. The van der Waals surface area contributed by atoms with Gasteiger partial charge in [-0.15, -0.1) is 11.3 Å². The second kappa shape index (κ2) is 4.39. The van der Waals surface area contributed by atoms with E-state index in [0.29, 0.717) is 6.54 Å². The Morgan fingerprint density at radius 1 is 1.77 bits per heavy atom. The summed E-state index contributed by atoms with van der Waals surface area (Å²) in [5.41, 5.74) is 1.18. The molecule has 1 amide bonds. The molecule has 1 atom stereocenters. The van der Waals surface area contributed by atoms with Crippen molar-refractivity contribution in [3.63, 3.8) is 0 Å². The number of carbonyl (C=O) groups excluding carboxylic acids is 1. The van der Waals surface area contributed by atoms with Crippen LogP contribution >= 0.6 is 11.3 Å². The number of hydrogen-bond donors (Lipinski definition) is 2. The summed E-state index contributed by atoms with van der Waals surface area (Å²) in [6.45, 7) is 3.96. The molecule has 0 aliphatic carbocycles. The van der Waals surface area contributed by atoms with Crippen LogP contribution < -0.4 is 5.32 Å². The van der Waals surface area contributed by atoms with Crippen LogP contribution in [0.25, 0.3) is 0 Å². The van der Waals surface area contributed by atoms with Crippen molar-refractivity contribution in [1.29, 1.82) is 0 Å². The van der Waals surface area contributed by atoms with Crippen LogP contribution in [0.15, 0.2) is 11.4 Å². The highest BCUT2D eigenvalue weighted by molar-refractivity contribution is 7.10. The molecule has 0 aliphatic rings. The number of aliphatic hydroxyl groups excluding tert-OH is 1. The molecule has 0 radical (unpaired) electrons. The van der Waals surface area contributed by atoms with Gasteiger partial charge in [-0.25, -0.2) is 0 Å². The predicted octanol–water partition coefficient (Wildman–Crippen LogP) is 1.05. The highest BCUT2D eigenvalue weighted by Crippen LogP contribution is 2.14. The lowest BCUT2D eigenvalue weighted by molar-refractivity contribution is -0.128. The number of aryl methyl sites for hydroxylation is 1. The maximum absolute atomic E-state index is 11.0. The van der Waals surface area contributed by atoms with Gasteiger partial charge in [-0.2, -0.15) is 0 Å². The zero-order valence-electron chi connectivity index (χ0n) is 7.70. The fraction of sp³-hybridized carbons (Fsp3) is 0.444. The summed E-state index contributed by atoms with van der Waals surface area (Å²) in [7, 11) is 0. The molecule has 13 heavy (non-hydrogen) atoms. The van der Waals surface area contributed by atoms with Crippen molar-refractivity contribution >= 4 is 17.2 Å². The number of carbonyl (C=O) groups is 1. The summed E-state index contributed by atoms with van der Waals surface area (Å²) in [5.74, 6) is -0.326. The molecule has 0 saturated heterocycles. The number of thiophene rings is 1. The van der Waals surface area contributed by atoms with E-state index in [2.05, 4.69) is 5.32 Å². The van der Waals surface area contributed by atoms with Crippen LogP contribution in [0.4, 0.5) is 0 Å². The van der Waals surface area contributed by atoms with Gasteiger partial charge in [0.2, 0.25) is 5.91 Å². The minimum Gasteiger partial charge on any atom is -0.384 e. The SMILES string of the molecule is Cc1ccsc1CNC(=O)[C@@H](C)O. The van der Waals surface area contributed by atoms with Crippen molar-refractivity contribution in [3.05, 3.63) is 21.9 Å². The van der Waals surface area contributed by atoms with Crippen molar-refractivity contribution in [2.45, 2.75) is 26.5 Å². The quantitative estimate of drug-likeness (QED) is 0.764. The van der Waals surface area contributed by atoms with Gasteiger partial charge in [0.1, 0.15) is 6.10 Å². The molecule has 4 heteroatoms. The van der Waals surface area contributed by atoms with E-state index in [1.165, 1.54) is 12.5 Å². The largest absolute Gasteiger partial charge is 0.384 e. The number of nitrogens with one attached hydrogen (secondary N) is 1. The van der Waals surface area contributed by atoms with Gasteiger partial charge < -0.3 is 10.4 Å². The Kier molecular flexibility index (Phi) is 3.45. The van der Waals surface area contributed by atoms with E-state index < -0.39 is 6.10 Å². The van der Waals surface area contributed by atoms with Gasteiger partial charge in [0.25, 0.3) is 0 Å². The lowest BCUT2D eigenvalue weighted by Gasteiger charge is -2.05. The van der Waals surface area contributed by atoms with Crippen molar-refractivity contribution in [2.24, 2.45) is 0 Å². The van der Waals surface area contributed by atoms with Gasteiger partial charge in [0.05, 0.1) is 6.54 Å². The molecule has 0 saturated carbocycles. The second-order valence-corrected chi connectivity index (χ2v) is 3.92. The van der Waals surface area contributed by atoms with Gasteiger partial charge in [-0.3, -0.25) is 4.79 Å². The van der Waals surface area contributed by atoms with E-state index in [0.717, 1.165) is 4.88 Å². The Balaban J connectivity index is 2.44. The highest BCUT2D eigenvalue weighted by atomic mass is 32.1. The van der Waals surface area contributed by atoms with Crippen LogP contribution in [0, 0.1) is 6.92 Å². The maximum atomic E-state index is 11.0.